The zero-order valence-electron chi connectivity index (χ0n) is 19.5. The lowest BCUT2D eigenvalue weighted by molar-refractivity contribution is -0.118. The van der Waals surface area contributed by atoms with Crippen LogP contribution in [0.5, 0.6) is 5.75 Å². The number of benzene rings is 1. The summed E-state index contributed by atoms with van der Waals surface area (Å²) in [6, 6.07) is 6.56. The molecule has 4 heterocycles. The summed E-state index contributed by atoms with van der Waals surface area (Å²) in [6.07, 6.45) is 6.41. The third-order valence-electron chi connectivity index (χ3n) is 7.12. The number of hydrogen-bond acceptors (Lipinski definition) is 7. The van der Waals surface area contributed by atoms with Gasteiger partial charge in [0.15, 0.2) is 5.82 Å². The Morgan fingerprint density at radius 2 is 2.00 bits per heavy atom. The van der Waals surface area contributed by atoms with Crippen LogP contribution in [-0.4, -0.2) is 66.4 Å². The highest BCUT2D eigenvalue weighted by atomic mass is 16.5. The molecule has 0 bridgehead atoms. The lowest BCUT2D eigenvalue weighted by atomic mass is 10.1. The number of aromatic nitrogens is 2. The minimum absolute atomic E-state index is 0.126. The number of hydrogen-bond donors (Lipinski definition) is 1. The summed E-state index contributed by atoms with van der Waals surface area (Å²) < 4.78 is 6.00. The van der Waals surface area contributed by atoms with Crippen LogP contribution < -0.4 is 19.4 Å². The van der Waals surface area contributed by atoms with E-state index in [4.69, 9.17) is 9.72 Å². The van der Waals surface area contributed by atoms with Gasteiger partial charge in [-0.25, -0.2) is 9.97 Å². The molecule has 0 spiro atoms. The van der Waals surface area contributed by atoms with Gasteiger partial charge in [-0.2, -0.15) is 0 Å². The van der Waals surface area contributed by atoms with Gasteiger partial charge in [0, 0.05) is 62.9 Å². The molecule has 0 saturated carbocycles. The predicted octanol–water partition coefficient (Wildman–Crippen LogP) is 2.76. The van der Waals surface area contributed by atoms with E-state index in [1.807, 2.05) is 14.0 Å². The van der Waals surface area contributed by atoms with Crippen LogP contribution in [0, 0.1) is 0 Å². The number of fused-ring (bicyclic) bond motifs is 3. The third-order valence-corrected chi connectivity index (χ3v) is 7.12. The summed E-state index contributed by atoms with van der Waals surface area (Å²) in [5.74, 6) is 2.58. The van der Waals surface area contributed by atoms with Gasteiger partial charge in [0.25, 0.3) is 0 Å². The lowest BCUT2D eigenvalue weighted by Gasteiger charge is -2.32. The summed E-state index contributed by atoms with van der Waals surface area (Å²) in [4.78, 5) is 28.5. The van der Waals surface area contributed by atoms with Crippen LogP contribution in [0.15, 0.2) is 24.4 Å². The Hall–Kier alpha value is -2.87. The molecule has 0 unspecified atom stereocenters. The topological polar surface area (TPSA) is 82.0 Å². The number of carbonyl (C=O) groups is 1. The van der Waals surface area contributed by atoms with Gasteiger partial charge in [0.05, 0.1) is 18.9 Å². The van der Waals surface area contributed by atoms with Gasteiger partial charge in [-0.3, -0.25) is 4.79 Å². The fourth-order valence-corrected chi connectivity index (χ4v) is 5.20. The molecule has 0 radical (unpaired) electrons. The molecule has 3 aliphatic heterocycles. The van der Waals surface area contributed by atoms with Crippen molar-refractivity contribution in [2.75, 3.05) is 48.0 Å². The predicted molar refractivity (Wildman–Crippen MR) is 128 cm³/mol. The summed E-state index contributed by atoms with van der Waals surface area (Å²) in [5, 5.41) is 9.82. The Labute approximate surface area is 195 Å². The highest BCUT2D eigenvalue weighted by molar-refractivity contribution is 5.97. The van der Waals surface area contributed by atoms with E-state index < -0.39 is 0 Å². The van der Waals surface area contributed by atoms with E-state index in [-0.39, 0.29) is 18.1 Å². The van der Waals surface area contributed by atoms with Gasteiger partial charge in [-0.15, -0.1) is 0 Å². The fraction of sp³-hybridized carbons (Fsp3) is 0.560. The quantitative estimate of drug-likeness (QED) is 0.749. The van der Waals surface area contributed by atoms with E-state index in [1.165, 1.54) is 0 Å². The molecular weight excluding hydrogens is 418 g/mol. The SMILES string of the molecule is CCOc1cc(N2CCC(O)CC2)ccc1Cc1ncc2c(n1)N1CCC[C@H]1CC(=O)N2C. The van der Waals surface area contributed by atoms with Crippen molar-refractivity contribution in [3.8, 4) is 5.75 Å². The number of nitrogens with zero attached hydrogens (tertiary/aromatic N) is 5. The number of ether oxygens (including phenoxy) is 1. The van der Waals surface area contributed by atoms with Crippen LogP contribution in [0.4, 0.5) is 17.2 Å². The smallest absolute Gasteiger partial charge is 0.228 e. The molecule has 1 aromatic carbocycles. The molecule has 2 saturated heterocycles. The monoisotopic (exact) mass is 451 g/mol. The molecule has 1 atom stereocenters. The van der Waals surface area contributed by atoms with E-state index >= 15 is 0 Å². The maximum absolute atomic E-state index is 12.6. The number of amides is 1. The summed E-state index contributed by atoms with van der Waals surface area (Å²) >= 11 is 0. The second-order valence-electron chi connectivity index (χ2n) is 9.26. The van der Waals surface area contributed by atoms with Crippen molar-refractivity contribution in [2.24, 2.45) is 0 Å². The minimum atomic E-state index is -0.193. The van der Waals surface area contributed by atoms with E-state index in [2.05, 4.69) is 33.0 Å². The van der Waals surface area contributed by atoms with Gasteiger partial charge < -0.3 is 24.5 Å². The number of aliphatic hydroxyl groups excluding tert-OH is 1. The number of piperidine rings is 1. The summed E-state index contributed by atoms with van der Waals surface area (Å²) in [6.45, 7) is 5.21. The molecule has 1 N–H and O–H groups in total. The highest BCUT2D eigenvalue weighted by Gasteiger charge is 2.35. The van der Waals surface area contributed by atoms with Crippen LogP contribution in [0.1, 0.15) is 50.4 Å². The molecule has 1 amide bonds. The highest BCUT2D eigenvalue weighted by Crippen LogP contribution is 2.37. The maximum Gasteiger partial charge on any atom is 0.228 e. The van der Waals surface area contributed by atoms with Gasteiger partial charge in [0.2, 0.25) is 5.91 Å². The van der Waals surface area contributed by atoms with E-state index in [9.17, 15) is 9.90 Å². The molecular formula is C25H33N5O3. The van der Waals surface area contributed by atoms with Crippen molar-refractivity contribution in [1.82, 2.24) is 9.97 Å². The number of aliphatic hydroxyl groups is 1. The Bertz CT molecular complexity index is 1020. The van der Waals surface area contributed by atoms with E-state index in [1.54, 1.807) is 11.1 Å². The third kappa shape index (κ3) is 4.36. The van der Waals surface area contributed by atoms with Crippen LogP contribution in [0.2, 0.25) is 0 Å². The van der Waals surface area contributed by atoms with Gasteiger partial charge >= 0.3 is 0 Å². The molecule has 5 rings (SSSR count). The molecule has 8 heteroatoms. The van der Waals surface area contributed by atoms with E-state index in [0.29, 0.717) is 19.4 Å². The summed E-state index contributed by atoms with van der Waals surface area (Å²) in [7, 11) is 1.82. The Balaban J connectivity index is 1.42. The normalized spacial score (nSPS) is 21.1. The first kappa shape index (κ1) is 21.9. The van der Waals surface area contributed by atoms with Crippen LogP contribution >= 0.6 is 0 Å². The zero-order valence-corrected chi connectivity index (χ0v) is 19.5. The lowest BCUT2D eigenvalue weighted by Crippen LogP contribution is -2.35. The van der Waals surface area contributed by atoms with Crippen molar-refractivity contribution in [1.29, 1.82) is 0 Å². The largest absolute Gasteiger partial charge is 0.494 e. The summed E-state index contributed by atoms with van der Waals surface area (Å²) in [5.41, 5.74) is 2.96. The molecule has 2 aromatic rings. The molecule has 0 aliphatic carbocycles. The average molecular weight is 452 g/mol. The van der Waals surface area contributed by atoms with Crippen LogP contribution in [0.25, 0.3) is 0 Å². The molecule has 2 fully saturated rings. The number of anilines is 3. The molecule has 176 valence electrons. The van der Waals surface area contributed by atoms with Gasteiger partial charge in [0.1, 0.15) is 17.3 Å². The van der Waals surface area contributed by atoms with Crippen molar-refractivity contribution in [2.45, 2.75) is 57.6 Å². The maximum atomic E-state index is 12.6. The second kappa shape index (κ2) is 9.17. The molecule has 8 nitrogen and oxygen atoms in total. The number of rotatable bonds is 5. The first-order valence-corrected chi connectivity index (χ1v) is 12.1. The average Bonchev–Trinajstić information content (AvgIpc) is 3.25. The van der Waals surface area contributed by atoms with Crippen molar-refractivity contribution in [3.05, 3.63) is 35.8 Å². The fourth-order valence-electron chi connectivity index (χ4n) is 5.20. The first-order valence-electron chi connectivity index (χ1n) is 12.1. The standard InChI is InChI=1S/C25H33N5O3/c1-3-33-22-14-18(29-11-8-20(31)9-12-29)7-6-17(22)13-23-26-16-21-25(27-23)30-10-4-5-19(30)15-24(32)28(21)2/h6-7,14,16,19-20,31H,3-5,8-13,15H2,1-2H3/t19-/m0/s1. The van der Waals surface area contributed by atoms with Gasteiger partial charge in [-0.05, 0) is 38.7 Å². The van der Waals surface area contributed by atoms with Crippen molar-refractivity contribution >= 4 is 23.1 Å². The number of carbonyl (C=O) groups excluding carboxylic acids is 1. The molecule has 1 aromatic heterocycles. The Kier molecular flexibility index (Phi) is 6.10. The molecule has 3 aliphatic rings. The van der Waals surface area contributed by atoms with E-state index in [0.717, 1.165) is 79.6 Å². The Morgan fingerprint density at radius 3 is 2.79 bits per heavy atom. The zero-order chi connectivity index (χ0) is 22.9. The first-order chi connectivity index (χ1) is 16.0. The minimum Gasteiger partial charge on any atom is -0.494 e. The van der Waals surface area contributed by atoms with Gasteiger partial charge in [-0.1, -0.05) is 6.07 Å². The second-order valence-corrected chi connectivity index (χ2v) is 9.26. The Morgan fingerprint density at radius 1 is 1.18 bits per heavy atom. The van der Waals surface area contributed by atoms with Crippen molar-refractivity contribution in [3.63, 3.8) is 0 Å². The van der Waals surface area contributed by atoms with Crippen LogP contribution in [-0.2, 0) is 11.2 Å². The van der Waals surface area contributed by atoms with Crippen molar-refractivity contribution < 1.29 is 14.6 Å². The molecule has 33 heavy (non-hydrogen) atoms. The van der Waals surface area contributed by atoms with Crippen LogP contribution in [0.3, 0.4) is 0 Å².